The van der Waals surface area contributed by atoms with Crippen molar-refractivity contribution in [2.45, 2.75) is 45.1 Å². The smallest absolute Gasteiger partial charge is 0.0738 e. The van der Waals surface area contributed by atoms with Crippen molar-refractivity contribution in [3.8, 4) is 0 Å². The number of aromatic nitrogens is 2. The molecule has 0 amide bonds. The van der Waals surface area contributed by atoms with Gasteiger partial charge in [-0.1, -0.05) is 12.8 Å². The van der Waals surface area contributed by atoms with E-state index in [1.165, 1.54) is 35.8 Å². The Bertz CT molecular complexity index is 380. The molecule has 1 heterocycles. The Hall–Kier alpha value is -0.350. The summed E-state index contributed by atoms with van der Waals surface area (Å²) in [6, 6.07) is 0.587. The molecule has 3 nitrogen and oxygen atoms in total. The van der Waals surface area contributed by atoms with Crippen LogP contribution in [0, 0.1) is 12.8 Å². The molecule has 0 aromatic carbocycles. The van der Waals surface area contributed by atoms with Crippen LogP contribution >= 0.6 is 15.9 Å². The third-order valence-corrected chi connectivity index (χ3v) is 5.05. The number of nitrogens with one attached hydrogen (secondary N) is 1. The molecule has 17 heavy (non-hydrogen) atoms. The molecule has 0 aliphatic heterocycles. The molecule has 0 saturated heterocycles. The van der Waals surface area contributed by atoms with Crippen LogP contribution in [-0.2, 0) is 13.5 Å². The van der Waals surface area contributed by atoms with Gasteiger partial charge in [-0.3, -0.25) is 4.68 Å². The average molecular weight is 300 g/mol. The number of hydrogen-bond acceptors (Lipinski definition) is 2. The van der Waals surface area contributed by atoms with Crippen molar-refractivity contribution in [1.82, 2.24) is 15.1 Å². The van der Waals surface area contributed by atoms with Crippen molar-refractivity contribution >= 4 is 15.9 Å². The van der Waals surface area contributed by atoms with Gasteiger partial charge in [-0.05, 0) is 48.7 Å². The van der Waals surface area contributed by atoms with Crippen molar-refractivity contribution in [2.75, 3.05) is 7.05 Å². The molecule has 96 valence electrons. The first-order valence-corrected chi connectivity index (χ1v) is 7.28. The predicted molar refractivity (Wildman–Crippen MR) is 74.2 cm³/mol. The second-order valence-corrected chi connectivity index (χ2v) is 5.91. The third kappa shape index (κ3) is 2.74. The minimum absolute atomic E-state index is 0.587. The highest BCUT2D eigenvalue weighted by atomic mass is 79.9. The molecule has 1 fully saturated rings. The maximum Gasteiger partial charge on any atom is 0.0738 e. The first kappa shape index (κ1) is 13.1. The Morgan fingerprint density at radius 2 is 2.12 bits per heavy atom. The quantitative estimate of drug-likeness (QED) is 0.926. The molecule has 1 N–H and O–H groups in total. The van der Waals surface area contributed by atoms with Crippen LogP contribution < -0.4 is 5.32 Å². The molecule has 0 bridgehead atoms. The fraction of sp³-hybridized carbons (Fsp3) is 0.769. The zero-order valence-electron chi connectivity index (χ0n) is 11.0. The molecule has 1 saturated carbocycles. The van der Waals surface area contributed by atoms with Gasteiger partial charge in [0.2, 0.25) is 0 Å². The van der Waals surface area contributed by atoms with Crippen LogP contribution in [0.25, 0.3) is 0 Å². The molecular weight excluding hydrogens is 278 g/mol. The molecule has 1 aromatic heterocycles. The van der Waals surface area contributed by atoms with Crippen LogP contribution in [0.3, 0.4) is 0 Å². The van der Waals surface area contributed by atoms with Crippen LogP contribution in [0.5, 0.6) is 0 Å². The van der Waals surface area contributed by atoms with Gasteiger partial charge in [0.1, 0.15) is 0 Å². The average Bonchev–Trinajstić information content (AvgIpc) is 2.89. The molecule has 1 aliphatic carbocycles. The molecule has 1 unspecified atom stereocenters. The van der Waals surface area contributed by atoms with E-state index >= 15 is 0 Å². The van der Waals surface area contributed by atoms with Gasteiger partial charge in [-0.25, -0.2) is 0 Å². The monoisotopic (exact) mass is 299 g/mol. The first-order valence-electron chi connectivity index (χ1n) is 6.48. The zero-order chi connectivity index (χ0) is 12.4. The van der Waals surface area contributed by atoms with E-state index in [4.69, 9.17) is 0 Å². The standard InChI is InChI=1S/C13H22BrN3/c1-9-13(14)12(17(3)16-9)8-11(15-2)10-6-4-5-7-10/h10-11,15H,4-8H2,1-3H3. The van der Waals surface area contributed by atoms with Gasteiger partial charge in [0.15, 0.2) is 0 Å². The molecule has 1 aliphatic rings. The van der Waals surface area contributed by atoms with Gasteiger partial charge in [-0.15, -0.1) is 0 Å². The SMILES string of the molecule is CNC(Cc1c(Br)c(C)nn1C)C1CCCC1. The van der Waals surface area contributed by atoms with Crippen LogP contribution in [0.2, 0.25) is 0 Å². The molecule has 1 atom stereocenters. The van der Waals surface area contributed by atoms with Crippen molar-refractivity contribution in [3.05, 3.63) is 15.9 Å². The Morgan fingerprint density at radius 1 is 1.47 bits per heavy atom. The lowest BCUT2D eigenvalue weighted by molar-refractivity contribution is 0.370. The van der Waals surface area contributed by atoms with Gasteiger partial charge in [0.05, 0.1) is 15.9 Å². The third-order valence-electron chi connectivity index (χ3n) is 4.01. The van der Waals surface area contributed by atoms with E-state index in [1.54, 1.807) is 0 Å². The van der Waals surface area contributed by atoms with E-state index in [-0.39, 0.29) is 0 Å². The van der Waals surface area contributed by atoms with Gasteiger partial charge >= 0.3 is 0 Å². The van der Waals surface area contributed by atoms with Crippen molar-refractivity contribution in [3.63, 3.8) is 0 Å². The minimum Gasteiger partial charge on any atom is -0.316 e. The second kappa shape index (κ2) is 5.53. The number of nitrogens with zero attached hydrogens (tertiary/aromatic N) is 2. The van der Waals surface area contributed by atoms with E-state index in [0.29, 0.717) is 6.04 Å². The van der Waals surface area contributed by atoms with Gasteiger partial charge < -0.3 is 5.32 Å². The molecule has 2 rings (SSSR count). The van der Waals surface area contributed by atoms with E-state index in [0.717, 1.165) is 18.0 Å². The highest BCUT2D eigenvalue weighted by Gasteiger charge is 2.25. The van der Waals surface area contributed by atoms with Gasteiger partial charge in [0, 0.05) is 19.5 Å². The summed E-state index contributed by atoms with van der Waals surface area (Å²) in [5, 5.41) is 7.96. The Labute approximate surface area is 112 Å². The van der Waals surface area contributed by atoms with E-state index < -0.39 is 0 Å². The highest BCUT2D eigenvalue weighted by Crippen LogP contribution is 2.30. The van der Waals surface area contributed by atoms with E-state index in [2.05, 4.69) is 40.3 Å². The summed E-state index contributed by atoms with van der Waals surface area (Å²) in [5.41, 5.74) is 2.40. The summed E-state index contributed by atoms with van der Waals surface area (Å²) in [5.74, 6) is 0.835. The number of likely N-dealkylation sites (N-methyl/N-ethyl adjacent to an activating group) is 1. The van der Waals surface area contributed by atoms with Gasteiger partial charge in [-0.2, -0.15) is 5.10 Å². The van der Waals surface area contributed by atoms with Crippen LogP contribution in [0.15, 0.2) is 4.47 Å². The molecular formula is C13H22BrN3. The maximum absolute atomic E-state index is 4.47. The van der Waals surface area contributed by atoms with Crippen LogP contribution in [0.1, 0.15) is 37.1 Å². The van der Waals surface area contributed by atoms with Crippen molar-refractivity contribution in [2.24, 2.45) is 13.0 Å². The summed E-state index contributed by atoms with van der Waals surface area (Å²) in [7, 11) is 4.12. The number of hydrogen-bond donors (Lipinski definition) is 1. The summed E-state index contributed by atoms with van der Waals surface area (Å²) in [6.07, 6.45) is 6.61. The topological polar surface area (TPSA) is 29.9 Å². The van der Waals surface area contributed by atoms with Crippen molar-refractivity contribution in [1.29, 1.82) is 0 Å². The zero-order valence-corrected chi connectivity index (χ0v) is 12.5. The predicted octanol–water partition coefficient (Wildman–Crippen LogP) is 2.81. The fourth-order valence-corrected chi connectivity index (χ4v) is 3.47. The maximum atomic E-state index is 4.47. The lowest BCUT2D eigenvalue weighted by atomic mass is 9.94. The Morgan fingerprint density at radius 3 is 2.59 bits per heavy atom. The van der Waals surface area contributed by atoms with Crippen LogP contribution in [-0.4, -0.2) is 22.9 Å². The Balaban J connectivity index is 2.12. The van der Waals surface area contributed by atoms with Crippen molar-refractivity contribution < 1.29 is 0 Å². The fourth-order valence-electron chi connectivity index (χ4n) is 2.97. The molecule has 1 aromatic rings. The summed E-state index contributed by atoms with van der Waals surface area (Å²) < 4.78 is 3.19. The first-order chi connectivity index (χ1) is 8.13. The summed E-state index contributed by atoms with van der Waals surface area (Å²) >= 11 is 3.66. The normalized spacial score (nSPS) is 18.8. The molecule has 4 heteroatoms. The van der Waals surface area contributed by atoms with Gasteiger partial charge in [0.25, 0.3) is 0 Å². The number of rotatable bonds is 4. The van der Waals surface area contributed by atoms with E-state index in [1.807, 2.05) is 11.7 Å². The van der Waals surface area contributed by atoms with E-state index in [9.17, 15) is 0 Å². The molecule has 0 spiro atoms. The number of halogens is 1. The number of aryl methyl sites for hydroxylation is 2. The summed E-state index contributed by atoms with van der Waals surface area (Å²) in [4.78, 5) is 0. The van der Waals surface area contributed by atoms with Crippen LogP contribution in [0.4, 0.5) is 0 Å². The Kier molecular flexibility index (Phi) is 4.26. The lowest BCUT2D eigenvalue weighted by Crippen LogP contribution is -2.35. The minimum atomic E-state index is 0.587. The lowest BCUT2D eigenvalue weighted by Gasteiger charge is -2.23. The largest absolute Gasteiger partial charge is 0.316 e. The highest BCUT2D eigenvalue weighted by molar-refractivity contribution is 9.10. The second-order valence-electron chi connectivity index (χ2n) is 5.11. The molecule has 0 radical (unpaired) electrons. The summed E-state index contributed by atoms with van der Waals surface area (Å²) in [6.45, 7) is 2.05.